The maximum absolute atomic E-state index is 12.3. The maximum atomic E-state index is 12.3. The predicted octanol–water partition coefficient (Wildman–Crippen LogP) is 2.12. The Morgan fingerprint density at radius 3 is 2.45 bits per heavy atom. The molecule has 0 aromatic heterocycles. The summed E-state index contributed by atoms with van der Waals surface area (Å²) < 4.78 is 10.5. The first-order valence-corrected chi connectivity index (χ1v) is 6.82. The number of likely N-dealkylation sites (tertiary alicyclic amines) is 1. The molecule has 0 saturated carbocycles. The molecule has 0 atom stereocenters. The van der Waals surface area contributed by atoms with Crippen LogP contribution in [-0.4, -0.2) is 37.7 Å². The molecule has 2 aliphatic heterocycles. The minimum atomic E-state index is 0. The number of nitrogens with one attached hydrogen (secondary N) is 1. The van der Waals surface area contributed by atoms with Crippen LogP contribution in [0.15, 0.2) is 12.1 Å². The lowest BCUT2D eigenvalue weighted by atomic mass is 9.96. The number of fused-ring (bicyclic) bond motifs is 1. The number of rotatable bonds is 2. The fourth-order valence-electron chi connectivity index (χ4n) is 2.57. The molecule has 0 unspecified atom stereocenters. The van der Waals surface area contributed by atoms with Crippen molar-refractivity contribution in [3.63, 3.8) is 0 Å². The van der Waals surface area contributed by atoms with Crippen molar-refractivity contribution in [1.29, 1.82) is 0 Å². The first-order valence-electron chi connectivity index (χ1n) is 6.82. The van der Waals surface area contributed by atoms with E-state index in [-0.39, 0.29) is 43.4 Å². The van der Waals surface area contributed by atoms with Gasteiger partial charge in [-0.2, -0.15) is 0 Å². The highest BCUT2D eigenvalue weighted by Gasteiger charge is 2.24. The molecule has 1 aromatic carbocycles. The molecule has 2 aliphatic rings. The van der Waals surface area contributed by atoms with Crippen molar-refractivity contribution in [3.8, 4) is 11.5 Å². The van der Waals surface area contributed by atoms with Crippen LogP contribution in [0, 0.1) is 5.92 Å². The third kappa shape index (κ3) is 3.88. The molecule has 124 valence electrons. The quantitative estimate of drug-likeness (QED) is 0.799. The minimum Gasteiger partial charge on any atom is -0.454 e. The summed E-state index contributed by atoms with van der Waals surface area (Å²) in [5.41, 5.74) is 7.03. The summed E-state index contributed by atoms with van der Waals surface area (Å²) in [5.74, 6) is 1.33. The highest BCUT2D eigenvalue weighted by atomic mass is 35.5. The number of amides is 1. The molecule has 0 bridgehead atoms. The zero-order valence-electron chi connectivity index (χ0n) is 12.3. The minimum absolute atomic E-state index is 0. The van der Waals surface area contributed by atoms with Gasteiger partial charge in [0.15, 0.2) is 11.5 Å². The molecule has 0 radical (unpaired) electrons. The molecule has 6 nitrogen and oxygen atoms in total. The molecule has 1 amide bonds. The molecule has 3 N–H and O–H groups in total. The van der Waals surface area contributed by atoms with E-state index >= 15 is 0 Å². The van der Waals surface area contributed by atoms with Crippen molar-refractivity contribution in [2.45, 2.75) is 12.8 Å². The SMILES string of the molecule is CN1CCC(C(=O)Nc2cc3c(cc2N)OCO3)CC1.Cl.Cl. The second-order valence-electron chi connectivity index (χ2n) is 5.36. The lowest BCUT2D eigenvalue weighted by molar-refractivity contribution is -0.121. The van der Waals surface area contributed by atoms with Crippen LogP contribution >= 0.6 is 24.8 Å². The topological polar surface area (TPSA) is 76.8 Å². The van der Waals surface area contributed by atoms with Gasteiger partial charge in [-0.1, -0.05) is 0 Å². The zero-order valence-corrected chi connectivity index (χ0v) is 14.0. The number of hydrogen-bond acceptors (Lipinski definition) is 5. The van der Waals surface area contributed by atoms with Crippen LogP contribution in [0.2, 0.25) is 0 Å². The molecule has 22 heavy (non-hydrogen) atoms. The Kier molecular flexibility index (Phi) is 6.59. The number of hydrogen-bond donors (Lipinski definition) is 2. The fraction of sp³-hybridized carbons (Fsp3) is 0.500. The van der Waals surface area contributed by atoms with Crippen LogP contribution in [0.4, 0.5) is 11.4 Å². The van der Waals surface area contributed by atoms with Gasteiger partial charge in [-0.25, -0.2) is 0 Å². The summed E-state index contributed by atoms with van der Waals surface area (Å²) in [5, 5.41) is 2.91. The van der Waals surface area contributed by atoms with Crippen LogP contribution in [0.3, 0.4) is 0 Å². The lowest BCUT2D eigenvalue weighted by Crippen LogP contribution is -2.36. The monoisotopic (exact) mass is 349 g/mol. The van der Waals surface area contributed by atoms with E-state index < -0.39 is 0 Å². The molecule has 0 aliphatic carbocycles. The van der Waals surface area contributed by atoms with Gasteiger partial charge >= 0.3 is 0 Å². The van der Waals surface area contributed by atoms with Crippen molar-refractivity contribution in [2.24, 2.45) is 5.92 Å². The summed E-state index contributed by atoms with van der Waals surface area (Å²) in [6.45, 7) is 2.10. The molecular weight excluding hydrogens is 329 g/mol. The molecule has 0 spiro atoms. The predicted molar refractivity (Wildman–Crippen MR) is 90.3 cm³/mol. The summed E-state index contributed by atoms with van der Waals surface area (Å²) >= 11 is 0. The number of carbonyl (C=O) groups is 1. The summed E-state index contributed by atoms with van der Waals surface area (Å²) in [6, 6.07) is 3.41. The molecule has 3 rings (SSSR count). The average Bonchev–Trinajstić information content (AvgIpc) is 2.87. The van der Waals surface area contributed by atoms with Crippen LogP contribution in [0.25, 0.3) is 0 Å². The number of anilines is 2. The van der Waals surface area contributed by atoms with Gasteiger partial charge in [-0.3, -0.25) is 4.79 Å². The highest BCUT2D eigenvalue weighted by Crippen LogP contribution is 2.38. The number of ether oxygens (including phenoxy) is 2. The van der Waals surface area contributed by atoms with E-state index in [4.69, 9.17) is 15.2 Å². The van der Waals surface area contributed by atoms with E-state index in [0.717, 1.165) is 25.9 Å². The Balaban J connectivity index is 0.00000121. The Labute approximate surface area is 142 Å². The summed E-state index contributed by atoms with van der Waals surface area (Å²) in [7, 11) is 2.07. The largest absolute Gasteiger partial charge is 0.454 e. The maximum Gasteiger partial charge on any atom is 0.231 e. The molecule has 1 saturated heterocycles. The zero-order chi connectivity index (χ0) is 14.1. The van der Waals surface area contributed by atoms with Crippen LogP contribution in [0.5, 0.6) is 11.5 Å². The number of benzene rings is 1. The van der Waals surface area contributed by atoms with Crippen molar-refractivity contribution in [1.82, 2.24) is 4.90 Å². The number of halogens is 2. The first-order chi connectivity index (χ1) is 9.63. The van der Waals surface area contributed by atoms with E-state index in [1.165, 1.54) is 0 Å². The van der Waals surface area contributed by atoms with E-state index in [9.17, 15) is 4.79 Å². The third-order valence-corrected chi connectivity index (χ3v) is 3.89. The van der Waals surface area contributed by atoms with E-state index in [2.05, 4.69) is 17.3 Å². The molecule has 2 heterocycles. The Bertz CT molecular complexity index is 534. The van der Waals surface area contributed by atoms with Gasteiger partial charge in [0.25, 0.3) is 0 Å². The van der Waals surface area contributed by atoms with Crippen molar-refractivity contribution < 1.29 is 14.3 Å². The number of carbonyl (C=O) groups excluding carboxylic acids is 1. The second-order valence-corrected chi connectivity index (χ2v) is 5.36. The van der Waals surface area contributed by atoms with Crippen LogP contribution in [-0.2, 0) is 4.79 Å². The normalized spacial score (nSPS) is 17.3. The smallest absolute Gasteiger partial charge is 0.231 e. The second kappa shape index (κ2) is 7.76. The van der Waals surface area contributed by atoms with Gasteiger partial charge in [-0.05, 0) is 33.0 Å². The van der Waals surface area contributed by atoms with Gasteiger partial charge in [0.1, 0.15) is 0 Å². The van der Waals surface area contributed by atoms with Crippen molar-refractivity contribution in [3.05, 3.63) is 12.1 Å². The Hall–Kier alpha value is -1.37. The Morgan fingerprint density at radius 2 is 1.82 bits per heavy atom. The van der Waals surface area contributed by atoms with Gasteiger partial charge < -0.3 is 25.4 Å². The van der Waals surface area contributed by atoms with Gasteiger partial charge in [0, 0.05) is 18.1 Å². The lowest BCUT2D eigenvalue weighted by Gasteiger charge is -2.28. The molecule has 8 heteroatoms. The van der Waals surface area contributed by atoms with E-state index in [0.29, 0.717) is 22.9 Å². The van der Waals surface area contributed by atoms with Crippen molar-refractivity contribution in [2.75, 3.05) is 38.0 Å². The number of nitrogens with zero attached hydrogens (tertiary/aromatic N) is 1. The third-order valence-electron chi connectivity index (χ3n) is 3.89. The van der Waals surface area contributed by atoms with Gasteiger partial charge in [0.2, 0.25) is 12.7 Å². The molecule has 1 aromatic rings. The van der Waals surface area contributed by atoms with Gasteiger partial charge in [-0.15, -0.1) is 24.8 Å². The summed E-state index contributed by atoms with van der Waals surface area (Å²) in [4.78, 5) is 14.5. The van der Waals surface area contributed by atoms with E-state index in [1.807, 2.05) is 0 Å². The van der Waals surface area contributed by atoms with E-state index in [1.54, 1.807) is 12.1 Å². The number of nitrogens with two attached hydrogens (primary N) is 1. The Morgan fingerprint density at radius 1 is 1.23 bits per heavy atom. The van der Waals surface area contributed by atoms with Crippen molar-refractivity contribution >= 4 is 42.1 Å². The van der Waals surface area contributed by atoms with Crippen LogP contribution < -0.4 is 20.5 Å². The van der Waals surface area contributed by atoms with Gasteiger partial charge in [0.05, 0.1) is 11.4 Å². The summed E-state index contributed by atoms with van der Waals surface area (Å²) in [6.07, 6.45) is 1.76. The highest BCUT2D eigenvalue weighted by molar-refractivity contribution is 5.96. The number of nitrogen functional groups attached to an aromatic ring is 1. The fourth-order valence-corrected chi connectivity index (χ4v) is 2.57. The molecular formula is C14H21Cl2N3O3. The van der Waals surface area contributed by atoms with Crippen LogP contribution in [0.1, 0.15) is 12.8 Å². The first kappa shape index (κ1) is 18.7. The molecule has 1 fully saturated rings. The standard InChI is InChI=1S/C14H19N3O3.2ClH/c1-17-4-2-9(3-5-17)14(18)16-11-7-13-12(6-10(11)15)19-8-20-13;;/h6-7,9H,2-5,8,15H2,1H3,(H,16,18);2*1H. The average molecular weight is 350 g/mol. The number of piperidine rings is 1.